The van der Waals surface area contributed by atoms with Gasteiger partial charge in [-0.1, -0.05) is 5.16 Å². The predicted molar refractivity (Wildman–Crippen MR) is 90.4 cm³/mol. The highest BCUT2D eigenvalue weighted by Gasteiger charge is 2.15. The Morgan fingerprint density at radius 1 is 1.40 bits per heavy atom. The Kier molecular flexibility index (Phi) is 6.14. The second-order valence-electron chi connectivity index (χ2n) is 5.65. The first-order chi connectivity index (χ1) is 12.0. The number of aryl methyl sites for hydroxylation is 2. The monoisotopic (exact) mass is 343 g/mol. The summed E-state index contributed by atoms with van der Waals surface area (Å²) >= 11 is 0. The lowest BCUT2D eigenvalue weighted by Crippen LogP contribution is -2.08. The minimum absolute atomic E-state index is 0.0396. The van der Waals surface area contributed by atoms with Crippen molar-refractivity contribution in [1.29, 1.82) is 5.26 Å². The fourth-order valence-electron chi connectivity index (χ4n) is 2.50. The number of nitrogens with zero attached hydrogens (tertiary/aromatic N) is 3. The van der Waals surface area contributed by atoms with Gasteiger partial charge in [0.2, 0.25) is 0 Å². The van der Waals surface area contributed by atoms with E-state index < -0.39 is 5.97 Å². The highest BCUT2D eigenvalue weighted by atomic mass is 16.5. The van der Waals surface area contributed by atoms with Gasteiger partial charge < -0.3 is 18.6 Å². The maximum Gasteiger partial charge on any atom is 0.349 e. The molecule has 0 saturated heterocycles. The van der Waals surface area contributed by atoms with E-state index in [2.05, 4.69) is 9.72 Å². The van der Waals surface area contributed by atoms with Crippen LogP contribution in [0.25, 0.3) is 6.08 Å². The number of carbonyl (C=O) groups is 1. The van der Waals surface area contributed by atoms with Crippen molar-refractivity contribution in [3.63, 3.8) is 0 Å². The number of methoxy groups -OCH3 is 1. The number of hydrogen-bond donors (Lipinski definition) is 0. The van der Waals surface area contributed by atoms with Gasteiger partial charge in [-0.25, -0.2) is 4.79 Å². The van der Waals surface area contributed by atoms with Crippen molar-refractivity contribution in [2.24, 2.45) is 0 Å². The Balaban J connectivity index is 2.13. The summed E-state index contributed by atoms with van der Waals surface area (Å²) in [6.07, 6.45) is 1.54. The van der Waals surface area contributed by atoms with E-state index in [9.17, 15) is 10.1 Å². The van der Waals surface area contributed by atoms with Crippen molar-refractivity contribution in [2.45, 2.75) is 33.9 Å². The molecule has 0 aromatic carbocycles. The largest absolute Gasteiger partial charge is 0.455 e. The van der Waals surface area contributed by atoms with Crippen molar-refractivity contribution in [3.8, 4) is 6.07 Å². The van der Waals surface area contributed by atoms with Gasteiger partial charge in [0.25, 0.3) is 0 Å². The minimum atomic E-state index is -0.690. The zero-order chi connectivity index (χ0) is 18.4. The van der Waals surface area contributed by atoms with Gasteiger partial charge in [0.1, 0.15) is 29.7 Å². The molecule has 132 valence electrons. The van der Waals surface area contributed by atoms with Gasteiger partial charge in [0.15, 0.2) is 0 Å². The van der Waals surface area contributed by atoms with Crippen LogP contribution in [0.1, 0.15) is 28.4 Å². The molecule has 2 aromatic rings. The Morgan fingerprint density at radius 3 is 2.76 bits per heavy atom. The Hall–Kier alpha value is -2.85. The topological polar surface area (TPSA) is 90.3 Å². The summed E-state index contributed by atoms with van der Waals surface area (Å²) < 4.78 is 17.2. The van der Waals surface area contributed by atoms with Crippen molar-refractivity contribution in [2.75, 3.05) is 13.7 Å². The molecule has 25 heavy (non-hydrogen) atoms. The second-order valence-corrected chi connectivity index (χ2v) is 5.65. The van der Waals surface area contributed by atoms with E-state index in [0.717, 1.165) is 17.0 Å². The second kappa shape index (κ2) is 8.31. The third-order valence-corrected chi connectivity index (χ3v) is 3.80. The Bertz CT molecular complexity index is 824. The van der Waals surface area contributed by atoms with E-state index in [-0.39, 0.29) is 12.2 Å². The normalized spacial score (nSPS) is 11.4. The van der Waals surface area contributed by atoms with Gasteiger partial charge >= 0.3 is 5.97 Å². The number of carbonyl (C=O) groups excluding carboxylic acids is 1. The zero-order valence-corrected chi connectivity index (χ0v) is 14.8. The number of hydrogen-bond acceptors (Lipinski definition) is 6. The molecule has 0 N–H and O–H groups in total. The van der Waals surface area contributed by atoms with Crippen LogP contribution in [-0.4, -0.2) is 29.4 Å². The van der Waals surface area contributed by atoms with Crippen LogP contribution < -0.4 is 0 Å². The SMILES string of the molecule is COCCn1c(C)cc(/C=C(\C#N)C(=O)OCc2cc(C)on2)c1C. The number of nitriles is 1. The third kappa shape index (κ3) is 4.58. The first-order valence-electron chi connectivity index (χ1n) is 7.83. The molecule has 0 amide bonds. The molecule has 0 aliphatic heterocycles. The molecule has 0 unspecified atom stereocenters. The number of ether oxygens (including phenoxy) is 2. The summed E-state index contributed by atoms with van der Waals surface area (Å²) in [6, 6.07) is 5.50. The molecular weight excluding hydrogens is 322 g/mol. The van der Waals surface area contributed by atoms with Crippen LogP contribution in [0.4, 0.5) is 0 Å². The standard InChI is InChI=1S/C18H21N3O4/c1-12-7-15(14(3)21(12)5-6-23-4)9-16(10-19)18(22)24-11-17-8-13(2)25-20-17/h7-9H,5-6,11H2,1-4H3/b16-9+. The first kappa shape index (κ1) is 18.5. The molecule has 0 aliphatic carbocycles. The molecule has 7 heteroatoms. The quantitative estimate of drug-likeness (QED) is 0.436. The lowest BCUT2D eigenvalue weighted by Gasteiger charge is -2.08. The number of rotatable bonds is 7. The first-order valence-corrected chi connectivity index (χ1v) is 7.83. The molecule has 0 saturated carbocycles. The van der Waals surface area contributed by atoms with E-state index >= 15 is 0 Å². The molecule has 0 spiro atoms. The maximum absolute atomic E-state index is 12.1. The van der Waals surface area contributed by atoms with Crippen LogP contribution in [-0.2, 0) is 27.4 Å². The van der Waals surface area contributed by atoms with Crippen molar-refractivity contribution >= 4 is 12.0 Å². The van der Waals surface area contributed by atoms with Crippen LogP contribution in [0.5, 0.6) is 0 Å². The smallest absolute Gasteiger partial charge is 0.349 e. The van der Waals surface area contributed by atoms with Crippen LogP contribution in [0.15, 0.2) is 22.2 Å². The highest BCUT2D eigenvalue weighted by molar-refractivity contribution is 5.98. The average Bonchev–Trinajstić information content (AvgIpc) is 3.12. The molecule has 0 radical (unpaired) electrons. The Labute approximate surface area is 146 Å². The van der Waals surface area contributed by atoms with E-state index in [1.165, 1.54) is 0 Å². The summed E-state index contributed by atoms with van der Waals surface area (Å²) in [5, 5.41) is 13.0. The molecule has 0 bridgehead atoms. The van der Waals surface area contributed by atoms with E-state index in [4.69, 9.17) is 14.0 Å². The third-order valence-electron chi connectivity index (χ3n) is 3.80. The maximum atomic E-state index is 12.1. The Morgan fingerprint density at radius 2 is 2.16 bits per heavy atom. The molecule has 0 fully saturated rings. The van der Waals surface area contributed by atoms with Gasteiger partial charge in [-0.2, -0.15) is 5.26 Å². The zero-order valence-electron chi connectivity index (χ0n) is 14.8. The highest BCUT2D eigenvalue weighted by Crippen LogP contribution is 2.19. The molecule has 0 atom stereocenters. The molecule has 2 heterocycles. The van der Waals surface area contributed by atoms with Gasteiger partial charge in [0, 0.05) is 31.1 Å². The van der Waals surface area contributed by atoms with Crippen molar-refractivity contribution < 1.29 is 18.8 Å². The average molecular weight is 343 g/mol. The van der Waals surface area contributed by atoms with Gasteiger partial charge in [-0.05, 0) is 38.5 Å². The number of aromatic nitrogens is 2. The van der Waals surface area contributed by atoms with Crippen LogP contribution in [0.2, 0.25) is 0 Å². The fraction of sp³-hybridized carbons (Fsp3) is 0.389. The van der Waals surface area contributed by atoms with Crippen molar-refractivity contribution in [3.05, 3.63) is 46.1 Å². The van der Waals surface area contributed by atoms with Gasteiger partial charge in [0.05, 0.1) is 6.61 Å². The fourth-order valence-corrected chi connectivity index (χ4v) is 2.50. The summed E-state index contributed by atoms with van der Waals surface area (Å²) in [7, 11) is 1.65. The molecule has 0 aliphatic rings. The molecule has 2 aromatic heterocycles. The summed E-state index contributed by atoms with van der Waals surface area (Å²) in [4.78, 5) is 12.1. The summed E-state index contributed by atoms with van der Waals surface area (Å²) in [5.41, 5.74) is 3.24. The lowest BCUT2D eigenvalue weighted by molar-refractivity contribution is -0.139. The van der Waals surface area contributed by atoms with Gasteiger partial charge in [-0.3, -0.25) is 0 Å². The predicted octanol–water partition coefficient (Wildman–Crippen LogP) is 2.70. The van der Waals surface area contributed by atoms with Gasteiger partial charge in [-0.15, -0.1) is 0 Å². The molecular formula is C18H21N3O4. The molecule has 2 rings (SSSR count). The van der Waals surface area contributed by atoms with Crippen LogP contribution >= 0.6 is 0 Å². The van der Waals surface area contributed by atoms with E-state index in [1.807, 2.05) is 26.0 Å². The summed E-state index contributed by atoms with van der Waals surface area (Å²) in [5.74, 6) is -0.0598. The van der Waals surface area contributed by atoms with Crippen LogP contribution in [0.3, 0.4) is 0 Å². The van der Waals surface area contributed by atoms with Crippen LogP contribution in [0, 0.1) is 32.1 Å². The minimum Gasteiger partial charge on any atom is -0.455 e. The lowest BCUT2D eigenvalue weighted by atomic mass is 10.1. The van der Waals surface area contributed by atoms with Crippen molar-refractivity contribution in [1.82, 2.24) is 9.72 Å². The van der Waals surface area contributed by atoms with E-state index in [1.54, 1.807) is 26.2 Å². The summed E-state index contributed by atoms with van der Waals surface area (Å²) in [6.45, 7) is 6.91. The molecule has 7 nitrogen and oxygen atoms in total. The number of esters is 1. The van der Waals surface area contributed by atoms with E-state index in [0.29, 0.717) is 24.6 Å².